The van der Waals surface area contributed by atoms with Crippen molar-refractivity contribution >= 4 is 11.8 Å². The van der Waals surface area contributed by atoms with Gasteiger partial charge in [-0.3, -0.25) is 9.59 Å². The molecule has 0 saturated carbocycles. The van der Waals surface area contributed by atoms with Crippen LogP contribution >= 0.6 is 0 Å². The zero-order chi connectivity index (χ0) is 23.4. The SMILES string of the molecule is CC[C@@H](Oc1ccc2c(c1)[C@H](c1ccc(F)cc1)N(C(=O)C(C)C)CC2)C(=O)NC(C)C. The summed E-state index contributed by atoms with van der Waals surface area (Å²) in [6.07, 6.45) is 0.669. The summed E-state index contributed by atoms with van der Waals surface area (Å²) in [6, 6.07) is 11.8. The molecule has 2 atom stereocenters. The van der Waals surface area contributed by atoms with Gasteiger partial charge in [0.05, 0.1) is 6.04 Å². The third-order valence-electron chi connectivity index (χ3n) is 5.68. The van der Waals surface area contributed by atoms with Crippen molar-refractivity contribution in [2.24, 2.45) is 5.92 Å². The van der Waals surface area contributed by atoms with Crippen LogP contribution in [0.15, 0.2) is 42.5 Å². The van der Waals surface area contributed by atoms with Crippen LogP contribution in [0, 0.1) is 11.7 Å². The summed E-state index contributed by atoms with van der Waals surface area (Å²) < 4.78 is 19.7. The van der Waals surface area contributed by atoms with Gasteiger partial charge in [0, 0.05) is 18.5 Å². The number of benzene rings is 2. The predicted molar refractivity (Wildman–Crippen MR) is 123 cm³/mol. The van der Waals surface area contributed by atoms with E-state index >= 15 is 0 Å². The van der Waals surface area contributed by atoms with Gasteiger partial charge < -0.3 is 15.0 Å². The van der Waals surface area contributed by atoms with Crippen molar-refractivity contribution in [2.45, 2.75) is 65.6 Å². The minimum Gasteiger partial charge on any atom is -0.481 e. The van der Waals surface area contributed by atoms with Crippen LogP contribution in [0.2, 0.25) is 0 Å². The molecular formula is C26H33FN2O3. The Morgan fingerprint density at radius 2 is 1.81 bits per heavy atom. The van der Waals surface area contributed by atoms with Gasteiger partial charge in [-0.1, -0.05) is 39.0 Å². The number of halogens is 1. The van der Waals surface area contributed by atoms with Crippen LogP contribution in [-0.4, -0.2) is 35.4 Å². The van der Waals surface area contributed by atoms with Gasteiger partial charge in [-0.15, -0.1) is 0 Å². The maximum Gasteiger partial charge on any atom is 0.261 e. The van der Waals surface area contributed by atoms with Gasteiger partial charge in [-0.25, -0.2) is 4.39 Å². The molecule has 0 fully saturated rings. The van der Waals surface area contributed by atoms with E-state index in [2.05, 4.69) is 5.32 Å². The highest BCUT2D eigenvalue weighted by atomic mass is 19.1. The van der Waals surface area contributed by atoms with Crippen LogP contribution in [0.5, 0.6) is 5.75 Å². The number of nitrogens with one attached hydrogen (secondary N) is 1. The van der Waals surface area contributed by atoms with Crippen LogP contribution in [0.25, 0.3) is 0 Å². The molecule has 0 aliphatic carbocycles. The fourth-order valence-corrected chi connectivity index (χ4v) is 4.10. The fourth-order valence-electron chi connectivity index (χ4n) is 4.10. The molecule has 2 amide bonds. The molecule has 0 aromatic heterocycles. The molecule has 1 aliphatic heterocycles. The molecule has 0 bridgehead atoms. The number of hydrogen-bond acceptors (Lipinski definition) is 3. The Balaban J connectivity index is 1.99. The van der Waals surface area contributed by atoms with E-state index in [-0.39, 0.29) is 35.6 Å². The van der Waals surface area contributed by atoms with Crippen molar-refractivity contribution in [1.29, 1.82) is 0 Å². The number of rotatable bonds is 7. The summed E-state index contributed by atoms with van der Waals surface area (Å²) in [7, 11) is 0. The summed E-state index contributed by atoms with van der Waals surface area (Å²) in [5.41, 5.74) is 2.93. The molecule has 172 valence electrons. The van der Waals surface area contributed by atoms with Gasteiger partial charge in [0.2, 0.25) is 5.91 Å². The lowest BCUT2D eigenvalue weighted by molar-refractivity contribution is -0.136. The molecule has 0 unspecified atom stereocenters. The molecule has 1 aliphatic rings. The highest BCUT2D eigenvalue weighted by molar-refractivity contribution is 5.81. The number of nitrogens with zero attached hydrogens (tertiary/aromatic N) is 1. The van der Waals surface area contributed by atoms with E-state index in [0.717, 1.165) is 23.1 Å². The van der Waals surface area contributed by atoms with Gasteiger partial charge in [0.1, 0.15) is 11.6 Å². The highest BCUT2D eigenvalue weighted by Crippen LogP contribution is 2.38. The van der Waals surface area contributed by atoms with Crippen LogP contribution in [0.1, 0.15) is 63.8 Å². The Labute approximate surface area is 190 Å². The minimum absolute atomic E-state index is 0.0298. The quantitative estimate of drug-likeness (QED) is 0.683. The molecular weight excluding hydrogens is 407 g/mol. The number of carbonyl (C=O) groups is 2. The van der Waals surface area contributed by atoms with E-state index in [0.29, 0.717) is 18.7 Å². The lowest BCUT2D eigenvalue weighted by Crippen LogP contribution is -2.43. The average molecular weight is 441 g/mol. The molecule has 0 spiro atoms. The number of ether oxygens (including phenoxy) is 1. The number of carbonyl (C=O) groups excluding carboxylic acids is 2. The summed E-state index contributed by atoms with van der Waals surface area (Å²) in [5.74, 6) is 0.0279. The molecule has 2 aromatic rings. The van der Waals surface area contributed by atoms with E-state index in [1.807, 2.05) is 57.7 Å². The Kier molecular flexibility index (Phi) is 7.54. The second kappa shape index (κ2) is 10.2. The van der Waals surface area contributed by atoms with Crippen molar-refractivity contribution in [3.05, 3.63) is 65.0 Å². The first-order valence-corrected chi connectivity index (χ1v) is 11.4. The fraction of sp³-hybridized carbons (Fsp3) is 0.462. The molecule has 5 nitrogen and oxygen atoms in total. The second-order valence-electron chi connectivity index (χ2n) is 8.93. The van der Waals surface area contributed by atoms with E-state index in [1.54, 1.807) is 12.1 Å². The van der Waals surface area contributed by atoms with Gasteiger partial charge in [-0.05, 0) is 67.6 Å². The minimum atomic E-state index is -0.600. The maximum absolute atomic E-state index is 13.6. The Bertz CT molecular complexity index is 956. The lowest BCUT2D eigenvalue weighted by atomic mass is 9.87. The Hall–Kier alpha value is -2.89. The van der Waals surface area contributed by atoms with Crippen LogP contribution < -0.4 is 10.1 Å². The molecule has 32 heavy (non-hydrogen) atoms. The first-order valence-electron chi connectivity index (χ1n) is 11.4. The van der Waals surface area contributed by atoms with Crippen molar-refractivity contribution in [2.75, 3.05) is 6.54 Å². The largest absolute Gasteiger partial charge is 0.481 e. The van der Waals surface area contributed by atoms with Crippen LogP contribution in [0.4, 0.5) is 4.39 Å². The molecule has 3 rings (SSSR count). The highest BCUT2D eigenvalue weighted by Gasteiger charge is 2.33. The van der Waals surface area contributed by atoms with E-state index < -0.39 is 6.10 Å². The van der Waals surface area contributed by atoms with E-state index in [1.165, 1.54) is 12.1 Å². The third kappa shape index (κ3) is 5.29. The summed E-state index contributed by atoms with van der Waals surface area (Å²) in [6.45, 7) is 10.1. The standard InChI is InChI=1S/C26H33FN2O3/c1-6-23(25(30)28-17(4)5)32-21-12-9-18-13-14-29(26(31)16(2)3)24(22(18)15-21)19-7-10-20(27)11-8-19/h7-12,15-17,23-24H,6,13-14H2,1-5H3,(H,28,30)/t23-,24+/m1/s1. The maximum atomic E-state index is 13.6. The molecule has 1 N–H and O–H groups in total. The number of fused-ring (bicyclic) bond motifs is 1. The summed E-state index contributed by atoms with van der Waals surface area (Å²) in [4.78, 5) is 27.4. The Morgan fingerprint density at radius 3 is 2.41 bits per heavy atom. The van der Waals surface area contributed by atoms with Gasteiger partial charge in [-0.2, -0.15) is 0 Å². The van der Waals surface area contributed by atoms with Crippen molar-refractivity contribution in [3.8, 4) is 5.75 Å². The monoisotopic (exact) mass is 440 g/mol. The lowest BCUT2D eigenvalue weighted by Gasteiger charge is -2.39. The van der Waals surface area contributed by atoms with Crippen LogP contribution in [-0.2, 0) is 16.0 Å². The average Bonchev–Trinajstić information content (AvgIpc) is 2.76. The smallest absolute Gasteiger partial charge is 0.261 e. The summed E-state index contributed by atoms with van der Waals surface area (Å²) >= 11 is 0. The van der Waals surface area contributed by atoms with Crippen molar-refractivity contribution in [1.82, 2.24) is 10.2 Å². The topological polar surface area (TPSA) is 58.6 Å². The zero-order valence-electron chi connectivity index (χ0n) is 19.5. The number of amides is 2. The van der Waals surface area contributed by atoms with E-state index in [4.69, 9.17) is 4.74 Å². The molecule has 6 heteroatoms. The van der Waals surface area contributed by atoms with Gasteiger partial charge in [0.15, 0.2) is 6.10 Å². The third-order valence-corrected chi connectivity index (χ3v) is 5.68. The van der Waals surface area contributed by atoms with Crippen molar-refractivity contribution < 1.29 is 18.7 Å². The normalized spacial score (nSPS) is 16.6. The van der Waals surface area contributed by atoms with Gasteiger partial charge in [0.25, 0.3) is 5.91 Å². The summed E-state index contributed by atoms with van der Waals surface area (Å²) in [5, 5.41) is 2.90. The zero-order valence-corrected chi connectivity index (χ0v) is 19.5. The predicted octanol–water partition coefficient (Wildman–Crippen LogP) is 4.64. The molecule has 0 saturated heterocycles. The molecule has 0 radical (unpaired) electrons. The first kappa shape index (κ1) is 23.8. The second-order valence-corrected chi connectivity index (χ2v) is 8.93. The van der Waals surface area contributed by atoms with Gasteiger partial charge >= 0.3 is 0 Å². The first-order chi connectivity index (χ1) is 15.2. The molecule has 1 heterocycles. The van der Waals surface area contributed by atoms with Crippen LogP contribution in [0.3, 0.4) is 0 Å². The number of hydrogen-bond donors (Lipinski definition) is 1. The molecule has 2 aromatic carbocycles. The van der Waals surface area contributed by atoms with E-state index in [9.17, 15) is 14.0 Å². The Morgan fingerprint density at radius 1 is 1.12 bits per heavy atom. The van der Waals surface area contributed by atoms with Crippen molar-refractivity contribution in [3.63, 3.8) is 0 Å².